The second-order valence-corrected chi connectivity index (χ2v) is 5.67. The summed E-state index contributed by atoms with van der Waals surface area (Å²) in [6.45, 7) is 0. The van der Waals surface area contributed by atoms with Gasteiger partial charge in [0, 0.05) is 11.1 Å². The van der Waals surface area contributed by atoms with Gasteiger partial charge in [0.15, 0.2) is 0 Å². The van der Waals surface area contributed by atoms with Gasteiger partial charge in [-0.15, -0.1) is 0 Å². The van der Waals surface area contributed by atoms with Crippen LogP contribution in [-0.4, -0.2) is 12.1 Å². The maximum Gasteiger partial charge on any atom is 0.416 e. The van der Waals surface area contributed by atoms with E-state index >= 15 is 0 Å². The van der Waals surface area contributed by atoms with Gasteiger partial charge >= 0.3 is 6.18 Å². The number of hydrogen-bond donors (Lipinski definition) is 1. The summed E-state index contributed by atoms with van der Waals surface area (Å²) in [5.41, 5.74) is 2.36. The fourth-order valence-corrected chi connectivity index (χ4v) is 2.34. The van der Waals surface area contributed by atoms with E-state index in [0.717, 1.165) is 23.8 Å². The molecule has 0 saturated carbocycles. The zero-order valence-corrected chi connectivity index (χ0v) is 14.2. The maximum atomic E-state index is 12.7. The highest BCUT2D eigenvalue weighted by Gasteiger charge is 2.30. The minimum Gasteiger partial charge on any atom is -0.455 e. The minimum absolute atomic E-state index is 0.162. The normalized spacial score (nSPS) is 11.4. The van der Waals surface area contributed by atoms with Gasteiger partial charge < -0.3 is 4.42 Å². The van der Waals surface area contributed by atoms with Crippen LogP contribution in [0.25, 0.3) is 11.3 Å². The van der Waals surface area contributed by atoms with Crippen molar-refractivity contribution in [3.8, 4) is 17.4 Å². The third-order valence-electron chi connectivity index (χ3n) is 3.74. The van der Waals surface area contributed by atoms with Gasteiger partial charge in [-0.3, -0.25) is 4.79 Å². The summed E-state index contributed by atoms with van der Waals surface area (Å²) in [6, 6.07) is 16.1. The van der Waals surface area contributed by atoms with Crippen LogP contribution in [0, 0.1) is 11.3 Å². The van der Waals surface area contributed by atoms with Gasteiger partial charge in [-0.25, -0.2) is 5.43 Å². The molecule has 0 atom stereocenters. The molecule has 140 valence electrons. The number of amides is 1. The third kappa shape index (κ3) is 4.45. The number of furan rings is 1. The van der Waals surface area contributed by atoms with E-state index in [-0.39, 0.29) is 5.56 Å². The van der Waals surface area contributed by atoms with Crippen molar-refractivity contribution < 1.29 is 22.4 Å². The fraction of sp³-hybridized carbons (Fsp3) is 0.0500. The lowest BCUT2D eigenvalue weighted by Crippen LogP contribution is -2.18. The first-order valence-corrected chi connectivity index (χ1v) is 7.98. The Kier molecular flexibility index (Phi) is 5.27. The summed E-state index contributed by atoms with van der Waals surface area (Å²) in [5, 5.41) is 12.5. The summed E-state index contributed by atoms with van der Waals surface area (Å²) in [5.74, 6) is 0.0973. The van der Waals surface area contributed by atoms with Crippen molar-refractivity contribution >= 4 is 12.1 Å². The number of benzene rings is 2. The number of hydrazone groups is 1. The second-order valence-electron chi connectivity index (χ2n) is 5.67. The van der Waals surface area contributed by atoms with Gasteiger partial charge in [0.1, 0.15) is 11.5 Å². The van der Waals surface area contributed by atoms with Crippen LogP contribution in [0.3, 0.4) is 0 Å². The van der Waals surface area contributed by atoms with E-state index in [1.807, 2.05) is 6.07 Å². The van der Waals surface area contributed by atoms with E-state index in [0.29, 0.717) is 17.1 Å². The highest BCUT2D eigenvalue weighted by Crippen LogP contribution is 2.29. The standard InChI is InChI=1S/C20H12F3N3O2/c21-20(22,23)16-3-1-2-15(10-16)19(27)26-25-12-17-8-9-18(28-17)14-6-4-13(11-24)5-7-14/h1-10,12H,(H,26,27). The Balaban J connectivity index is 1.66. The number of halogens is 3. The molecule has 1 amide bonds. The van der Waals surface area contributed by atoms with Crippen molar-refractivity contribution in [2.24, 2.45) is 5.10 Å². The quantitative estimate of drug-likeness (QED) is 0.528. The number of nitrogens with zero attached hydrogens (tertiary/aromatic N) is 2. The molecule has 1 aromatic heterocycles. The van der Waals surface area contributed by atoms with Crippen LogP contribution >= 0.6 is 0 Å². The molecular weight excluding hydrogens is 371 g/mol. The predicted molar refractivity (Wildman–Crippen MR) is 95.4 cm³/mol. The first-order chi connectivity index (χ1) is 13.4. The molecule has 5 nitrogen and oxygen atoms in total. The van der Waals surface area contributed by atoms with Crippen LogP contribution in [0.2, 0.25) is 0 Å². The molecule has 0 unspecified atom stereocenters. The Morgan fingerprint density at radius 3 is 2.54 bits per heavy atom. The molecule has 3 rings (SSSR count). The van der Waals surface area contributed by atoms with Gasteiger partial charge in [-0.05, 0) is 54.6 Å². The molecule has 1 N–H and O–H groups in total. The Labute approximate surface area is 157 Å². The van der Waals surface area contributed by atoms with Crippen molar-refractivity contribution in [1.29, 1.82) is 5.26 Å². The molecule has 0 aliphatic carbocycles. The lowest BCUT2D eigenvalue weighted by atomic mass is 10.1. The monoisotopic (exact) mass is 383 g/mol. The molecule has 28 heavy (non-hydrogen) atoms. The van der Waals surface area contributed by atoms with Crippen molar-refractivity contribution in [3.05, 3.63) is 83.1 Å². The zero-order valence-electron chi connectivity index (χ0n) is 14.2. The number of nitrogens with one attached hydrogen (secondary N) is 1. The molecule has 8 heteroatoms. The van der Waals surface area contributed by atoms with E-state index in [2.05, 4.69) is 10.5 Å². The van der Waals surface area contributed by atoms with E-state index in [1.165, 1.54) is 12.3 Å². The number of carbonyl (C=O) groups excluding carboxylic acids is 1. The first kappa shape index (κ1) is 18.9. The average molecular weight is 383 g/mol. The number of nitriles is 1. The molecule has 1 heterocycles. The van der Waals surface area contributed by atoms with E-state index in [1.54, 1.807) is 36.4 Å². The van der Waals surface area contributed by atoms with Gasteiger partial charge in [0.05, 0.1) is 23.4 Å². The summed E-state index contributed by atoms with van der Waals surface area (Å²) in [6.07, 6.45) is -3.30. The van der Waals surface area contributed by atoms with Crippen LogP contribution in [0.4, 0.5) is 13.2 Å². The number of hydrogen-bond acceptors (Lipinski definition) is 4. The topological polar surface area (TPSA) is 78.4 Å². The largest absolute Gasteiger partial charge is 0.455 e. The molecule has 0 radical (unpaired) electrons. The molecule has 0 saturated heterocycles. The van der Waals surface area contributed by atoms with E-state index in [4.69, 9.17) is 9.68 Å². The van der Waals surface area contributed by atoms with Crippen LogP contribution < -0.4 is 5.43 Å². The average Bonchev–Trinajstić information content (AvgIpc) is 3.16. The molecule has 0 fully saturated rings. The maximum absolute atomic E-state index is 12.7. The molecule has 0 bridgehead atoms. The second kappa shape index (κ2) is 7.80. The molecule has 3 aromatic rings. The van der Waals surface area contributed by atoms with Gasteiger partial charge in [-0.2, -0.15) is 23.5 Å². The summed E-state index contributed by atoms with van der Waals surface area (Å²) in [7, 11) is 0. The van der Waals surface area contributed by atoms with Crippen molar-refractivity contribution in [3.63, 3.8) is 0 Å². The smallest absolute Gasteiger partial charge is 0.416 e. The summed E-state index contributed by atoms with van der Waals surface area (Å²) < 4.78 is 43.7. The van der Waals surface area contributed by atoms with E-state index < -0.39 is 17.6 Å². The highest BCUT2D eigenvalue weighted by atomic mass is 19.4. The van der Waals surface area contributed by atoms with E-state index in [9.17, 15) is 18.0 Å². The molecule has 2 aromatic carbocycles. The molecule has 0 aliphatic heterocycles. The number of carbonyl (C=O) groups is 1. The Morgan fingerprint density at radius 1 is 1.11 bits per heavy atom. The first-order valence-electron chi connectivity index (χ1n) is 7.98. The molecular formula is C20H12F3N3O2. The van der Waals surface area contributed by atoms with Crippen molar-refractivity contribution in [2.45, 2.75) is 6.18 Å². The van der Waals surface area contributed by atoms with Crippen LogP contribution in [-0.2, 0) is 6.18 Å². The Morgan fingerprint density at radius 2 is 1.86 bits per heavy atom. The summed E-state index contributed by atoms with van der Waals surface area (Å²) in [4.78, 5) is 12.0. The lowest BCUT2D eigenvalue weighted by molar-refractivity contribution is -0.137. The number of alkyl halides is 3. The Hall–Kier alpha value is -3.86. The zero-order chi connectivity index (χ0) is 20.1. The van der Waals surface area contributed by atoms with Gasteiger partial charge in [0.2, 0.25) is 0 Å². The fourth-order valence-electron chi connectivity index (χ4n) is 2.34. The van der Waals surface area contributed by atoms with Crippen molar-refractivity contribution in [2.75, 3.05) is 0 Å². The van der Waals surface area contributed by atoms with Crippen LogP contribution in [0.1, 0.15) is 27.2 Å². The lowest BCUT2D eigenvalue weighted by Gasteiger charge is -2.07. The summed E-state index contributed by atoms with van der Waals surface area (Å²) >= 11 is 0. The number of rotatable bonds is 4. The SMILES string of the molecule is N#Cc1ccc(-c2ccc(C=NNC(=O)c3cccc(C(F)(F)F)c3)o2)cc1. The third-order valence-corrected chi connectivity index (χ3v) is 3.74. The van der Waals surface area contributed by atoms with Gasteiger partial charge in [0.25, 0.3) is 5.91 Å². The predicted octanol–water partition coefficient (Wildman–Crippen LogP) is 4.60. The molecule has 0 aliphatic rings. The minimum atomic E-state index is -4.53. The van der Waals surface area contributed by atoms with Crippen LogP contribution in [0.5, 0.6) is 0 Å². The highest BCUT2D eigenvalue weighted by molar-refractivity contribution is 5.94. The van der Waals surface area contributed by atoms with Gasteiger partial charge in [-0.1, -0.05) is 6.07 Å². The Bertz CT molecular complexity index is 1060. The van der Waals surface area contributed by atoms with Crippen molar-refractivity contribution in [1.82, 2.24) is 5.43 Å². The van der Waals surface area contributed by atoms with Crippen LogP contribution in [0.15, 0.2) is 70.2 Å². The molecule has 0 spiro atoms.